The predicted octanol–water partition coefficient (Wildman–Crippen LogP) is 1.97. The van der Waals surface area contributed by atoms with Gasteiger partial charge >= 0.3 is 0 Å². The quantitative estimate of drug-likeness (QED) is 0.938. The highest BCUT2D eigenvalue weighted by Gasteiger charge is 2.26. The molecule has 0 saturated carbocycles. The smallest absolute Gasteiger partial charge is 0.111 e. The molecule has 2 aromatic rings. The van der Waals surface area contributed by atoms with Crippen LogP contribution in [-0.2, 0) is 13.0 Å². The Labute approximate surface area is 130 Å². The van der Waals surface area contributed by atoms with Gasteiger partial charge in [-0.05, 0) is 26.1 Å². The number of imidazole rings is 1. The number of rotatable bonds is 4. The largest absolute Gasteiger partial charge is 0.328 e. The summed E-state index contributed by atoms with van der Waals surface area (Å²) in [4.78, 5) is 7.20. The average molecular weight is 304 g/mol. The minimum absolute atomic E-state index is 0.143. The molecule has 114 valence electrons. The van der Waals surface area contributed by atoms with Crippen LogP contribution < -0.4 is 5.73 Å². The van der Waals surface area contributed by atoms with Gasteiger partial charge in [-0.1, -0.05) is 12.1 Å². The molecule has 5 heteroatoms. The number of aryl methyl sites for hydroxylation is 1. The Morgan fingerprint density at radius 2 is 2.24 bits per heavy atom. The lowest BCUT2D eigenvalue weighted by Gasteiger charge is -2.36. The Morgan fingerprint density at radius 3 is 3.00 bits per heavy atom. The summed E-state index contributed by atoms with van der Waals surface area (Å²) in [6.45, 7) is 4.25. The van der Waals surface area contributed by atoms with Crippen LogP contribution in [0.25, 0.3) is 11.0 Å². The van der Waals surface area contributed by atoms with Crippen molar-refractivity contribution in [2.24, 2.45) is 5.73 Å². The van der Waals surface area contributed by atoms with Crippen LogP contribution in [0.1, 0.15) is 12.7 Å². The minimum Gasteiger partial charge on any atom is -0.328 e. The van der Waals surface area contributed by atoms with Crippen LogP contribution in [0.4, 0.5) is 0 Å². The molecule has 21 heavy (non-hydrogen) atoms. The summed E-state index contributed by atoms with van der Waals surface area (Å²) in [5.74, 6) is 3.46. The topological polar surface area (TPSA) is 47.1 Å². The minimum atomic E-state index is 0.143. The van der Waals surface area contributed by atoms with Crippen molar-refractivity contribution >= 4 is 22.8 Å². The Balaban J connectivity index is 1.83. The lowest BCUT2D eigenvalue weighted by molar-refractivity contribution is 0.233. The number of hydrogen-bond donors (Lipinski definition) is 1. The van der Waals surface area contributed by atoms with Crippen LogP contribution in [0.5, 0.6) is 0 Å². The van der Waals surface area contributed by atoms with Crippen LogP contribution in [0, 0.1) is 0 Å². The van der Waals surface area contributed by atoms with Gasteiger partial charge < -0.3 is 15.2 Å². The van der Waals surface area contributed by atoms with Crippen molar-refractivity contribution in [1.29, 1.82) is 0 Å². The van der Waals surface area contributed by atoms with E-state index >= 15 is 0 Å². The van der Waals surface area contributed by atoms with E-state index < -0.39 is 0 Å². The summed E-state index contributed by atoms with van der Waals surface area (Å²) in [5.41, 5.74) is 8.80. The first kappa shape index (κ1) is 14.9. The Morgan fingerprint density at radius 1 is 1.43 bits per heavy atom. The molecule has 2 N–H and O–H groups in total. The molecular weight excluding hydrogens is 280 g/mol. The van der Waals surface area contributed by atoms with E-state index in [1.807, 2.05) is 17.8 Å². The van der Waals surface area contributed by atoms with E-state index in [1.54, 1.807) is 0 Å². The third-order valence-electron chi connectivity index (χ3n) is 4.41. The number of hydrogen-bond acceptors (Lipinski definition) is 4. The van der Waals surface area contributed by atoms with Crippen molar-refractivity contribution in [3.8, 4) is 0 Å². The highest BCUT2D eigenvalue weighted by atomic mass is 32.2. The molecule has 3 rings (SSSR count). The maximum atomic E-state index is 6.51. The number of fused-ring (bicyclic) bond motifs is 1. The van der Waals surface area contributed by atoms with E-state index in [4.69, 9.17) is 10.7 Å². The van der Waals surface area contributed by atoms with E-state index in [9.17, 15) is 0 Å². The van der Waals surface area contributed by atoms with Crippen LogP contribution >= 0.6 is 11.8 Å². The normalized spacial score (nSPS) is 21.8. The summed E-state index contributed by atoms with van der Waals surface area (Å²) in [6.07, 6.45) is 0.845. The monoisotopic (exact) mass is 304 g/mol. The Kier molecular flexibility index (Phi) is 4.52. The van der Waals surface area contributed by atoms with Crippen molar-refractivity contribution in [1.82, 2.24) is 14.5 Å². The molecule has 2 atom stereocenters. The van der Waals surface area contributed by atoms with Gasteiger partial charge in [-0.25, -0.2) is 4.98 Å². The number of nitrogens with two attached hydrogens (primary N) is 1. The predicted molar refractivity (Wildman–Crippen MR) is 90.8 cm³/mol. The molecule has 0 radical (unpaired) electrons. The zero-order valence-corrected chi connectivity index (χ0v) is 13.6. The summed E-state index contributed by atoms with van der Waals surface area (Å²) in [6, 6.07) is 8.94. The van der Waals surface area contributed by atoms with E-state index in [2.05, 4.69) is 41.6 Å². The molecular formula is C16H24N4S. The van der Waals surface area contributed by atoms with E-state index in [0.717, 1.165) is 36.6 Å². The van der Waals surface area contributed by atoms with Gasteiger partial charge in [0.25, 0.3) is 0 Å². The third-order valence-corrected chi connectivity index (χ3v) is 5.45. The molecule has 4 nitrogen and oxygen atoms in total. The van der Waals surface area contributed by atoms with E-state index in [-0.39, 0.29) is 6.04 Å². The van der Waals surface area contributed by atoms with Gasteiger partial charge in [-0.3, -0.25) is 0 Å². The molecule has 1 aliphatic heterocycles. The number of aromatic nitrogens is 2. The molecule has 2 heterocycles. The van der Waals surface area contributed by atoms with Gasteiger partial charge in [0.1, 0.15) is 5.82 Å². The highest BCUT2D eigenvalue weighted by molar-refractivity contribution is 7.99. The third kappa shape index (κ3) is 2.96. The van der Waals surface area contributed by atoms with E-state index in [0.29, 0.717) is 6.04 Å². The van der Waals surface area contributed by atoms with Gasteiger partial charge in [0.05, 0.1) is 11.0 Å². The van der Waals surface area contributed by atoms with Crippen molar-refractivity contribution in [2.75, 3.05) is 25.1 Å². The lowest BCUT2D eigenvalue weighted by Crippen LogP contribution is -2.51. The maximum absolute atomic E-state index is 6.51. The average Bonchev–Trinajstić information content (AvgIpc) is 2.84. The van der Waals surface area contributed by atoms with Crippen LogP contribution in [-0.4, -0.2) is 51.6 Å². The molecule has 0 spiro atoms. The van der Waals surface area contributed by atoms with Crippen LogP contribution in [0.2, 0.25) is 0 Å². The van der Waals surface area contributed by atoms with Crippen LogP contribution in [0.3, 0.4) is 0 Å². The lowest BCUT2D eigenvalue weighted by atomic mass is 10.1. The summed E-state index contributed by atoms with van der Waals surface area (Å²) in [7, 11) is 2.19. The first-order valence-electron chi connectivity index (χ1n) is 7.68. The molecule has 2 unspecified atom stereocenters. The number of para-hydroxylation sites is 2. The van der Waals surface area contributed by atoms with Gasteiger partial charge in [-0.2, -0.15) is 11.8 Å². The second-order valence-electron chi connectivity index (χ2n) is 5.75. The van der Waals surface area contributed by atoms with Gasteiger partial charge in [0.2, 0.25) is 0 Å². The molecule has 1 aliphatic rings. The van der Waals surface area contributed by atoms with E-state index in [1.165, 1.54) is 11.3 Å². The van der Waals surface area contributed by atoms with Gasteiger partial charge in [0, 0.05) is 43.1 Å². The van der Waals surface area contributed by atoms with Crippen molar-refractivity contribution in [3.63, 3.8) is 0 Å². The zero-order valence-electron chi connectivity index (χ0n) is 12.8. The molecule has 1 saturated heterocycles. The Bertz CT molecular complexity index is 609. The second kappa shape index (κ2) is 6.38. The maximum Gasteiger partial charge on any atom is 0.111 e. The number of thioether (sulfide) groups is 1. The fourth-order valence-corrected chi connectivity index (χ4v) is 4.46. The fourth-order valence-electron chi connectivity index (χ4n) is 3.14. The summed E-state index contributed by atoms with van der Waals surface area (Å²) >= 11 is 2.01. The summed E-state index contributed by atoms with van der Waals surface area (Å²) in [5, 5.41) is 0. The number of benzene rings is 1. The molecule has 0 aliphatic carbocycles. The number of nitrogens with zero attached hydrogens (tertiary/aromatic N) is 3. The highest BCUT2D eigenvalue weighted by Crippen LogP contribution is 2.21. The fraction of sp³-hybridized carbons (Fsp3) is 0.562. The zero-order chi connectivity index (χ0) is 14.8. The van der Waals surface area contributed by atoms with Crippen molar-refractivity contribution < 1.29 is 0 Å². The Hall–Kier alpha value is -1.04. The molecule has 1 aromatic carbocycles. The standard InChI is InChI=1S/C16H24N4S/c1-3-20-14-7-5-4-6-13(14)18-16(20)10-12(17)15-11-21-9-8-19(15)2/h4-7,12,15H,3,8-11,17H2,1-2H3. The van der Waals surface area contributed by atoms with Crippen molar-refractivity contribution in [3.05, 3.63) is 30.1 Å². The molecule has 1 aromatic heterocycles. The van der Waals surface area contributed by atoms with Crippen molar-refractivity contribution in [2.45, 2.75) is 32.0 Å². The summed E-state index contributed by atoms with van der Waals surface area (Å²) < 4.78 is 2.30. The molecule has 1 fully saturated rings. The van der Waals surface area contributed by atoms with Crippen LogP contribution in [0.15, 0.2) is 24.3 Å². The first-order chi connectivity index (χ1) is 10.2. The molecule has 0 bridgehead atoms. The first-order valence-corrected chi connectivity index (χ1v) is 8.84. The number of likely N-dealkylation sites (N-methyl/N-ethyl adjacent to an activating group) is 1. The SMILES string of the molecule is CCn1c(CC(N)C2CSCCN2C)nc2ccccc21. The molecule has 0 amide bonds. The van der Waals surface area contributed by atoms with Gasteiger partial charge in [0.15, 0.2) is 0 Å². The second-order valence-corrected chi connectivity index (χ2v) is 6.90. The van der Waals surface area contributed by atoms with Gasteiger partial charge in [-0.15, -0.1) is 0 Å².